The van der Waals surface area contributed by atoms with Crippen LogP contribution in [0.3, 0.4) is 0 Å². The van der Waals surface area contributed by atoms with Gasteiger partial charge in [0.1, 0.15) is 11.9 Å². The third kappa shape index (κ3) is 3.51. The van der Waals surface area contributed by atoms with Crippen LogP contribution in [-0.2, 0) is 4.79 Å². The van der Waals surface area contributed by atoms with E-state index in [2.05, 4.69) is 16.2 Å². The van der Waals surface area contributed by atoms with Gasteiger partial charge in [-0.25, -0.2) is 9.78 Å². The van der Waals surface area contributed by atoms with Crippen LogP contribution in [0, 0.1) is 30.6 Å². The SMILES string of the molecule is C#CCC(Nc1cc(C#N)cc(C)n1)C(=O)O. The molecule has 1 atom stereocenters. The highest BCUT2D eigenvalue weighted by Crippen LogP contribution is 2.11. The molecule has 1 heterocycles. The fraction of sp³-hybridized carbons (Fsp3) is 0.250. The number of aliphatic carboxylic acids is 1. The van der Waals surface area contributed by atoms with Crippen molar-refractivity contribution in [1.82, 2.24) is 4.98 Å². The van der Waals surface area contributed by atoms with Gasteiger partial charge >= 0.3 is 5.97 Å². The standard InChI is InChI=1S/C12H11N3O2/c1-3-4-10(12(16)17)15-11-6-9(7-13)5-8(2)14-11/h1,5-6,10H,4H2,2H3,(H,14,15)(H,16,17). The Balaban J connectivity index is 2.94. The van der Waals surface area contributed by atoms with Gasteiger partial charge in [0.25, 0.3) is 0 Å². The van der Waals surface area contributed by atoms with Gasteiger partial charge in [-0.2, -0.15) is 5.26 Å². The molecular weight excluding hydrogens is 218 g/mol. The average molecular weight is 229 g/mol. The summed E-state index contributed by atoms with van der Waals surface area (Å²) in [6, 6.07) is 4.17. The lowest BCUT2D eigenvalue weighted by atomic mass is 10.2. The first-order valence-electron chi connectivity index (χ1n) is 4.88. The molecule has 1 unspecified atom stereocenters. The van der Waals surface area contributed by atoms with E-state index in [0.717, 1.165) is 0 Å². The monoisotopic (exact) mass is 229 g/mol. The second kappa shape index (κ2) is 5.53. The number of hydrogen-bond acceptors (Lipinski definition) is 4. The molecule has 2 N–H and O–H groups in total. The third-order valence-corrected chi connectivity index (χ3v) is 2.02. The lowest BCUT2D eigenvalue weighted by Crippen LogP contribution is -2.29. The molecule has 0 aliphatic rings. The lowest BCUT2D eigenvalue weighted by Gasteiger charge is -2.12. The molecule has 0 saturated heterocycles. The Bertz CT molecular complexity index is 511. The number of nitriles is 1. The van der Waals surface area contributed by atoms with Gasteiger partial charge in [0, 0.05) is 12.1 Å². The van der Waals surface area contributed by atoms with Gasteiger partial charge in [-0.15, -0.1) is 12.3 Å². The van der Waals surface area contributed by atoms with Gasteiger partial charge in [-0.3, -0.25) is 0 Å². The molecule has 0 spiro atoms. The molecule has 1 aromatic rings. The lowest BCUT2D eigenvalue weighted by molar-refractivity contribution is -0.137. The Hall–Kier alpha value is -2.53. The van der Waals surface area contributed by atoms with E-state index in [1.54, 1.807) is 13.0 Å². The van der Waals surface area contributed by atoms with Gasteiger partial charge in [0.05, 0.1) is 11.6 Å². The van der Waals surface area contributed by atoms with Crippen LogP contribution in [0.4, 0.5) is 5.82 Å². The predicted octanol–water partition coefficient (Wildman–Crippen LogP) is 1.15. The summed E-state index contributed by atoms with van der Waals surface area (Å²) in [5.41, 5.74) is 1.06. The fourth-order valence-corrected chi connectivity index (χ4v) is 1.30. The van der Waals surface area contributed by atoms with Crippen LogP contribution >= 0.6 is 0 Å². The summed E-state index contributed by atoms with van der Waals surface area (Å²) in [6.07, 6.45) is 5.13. The molecule has 5 nitrogen and oxygen atoms in total. The maximum atomic E-state index is 10.9. The van der Waals surface area contributed by atoms with E-state index in [1.807, 2.05) is 6.07 Å². The van der Waals surface area contributed by atoms with E-state index < -0.39 is 12.0 Å². The molecule has 86 valence electrons. The quantitative estimate of drug-likeness (QED) is 0.756. The molecule has 0 aliphatic carbocycles. The minimum atomic E-state index is -1.05. The second-order valence-corrected chi connectivity index (χ2v) is 3.44. The van der Waals surface area contributed by atoms with Gasteiger partial charge in [0.2, 0.25) is 0 Å². The molecule has 17 heavy (non-hydrogen) atoms. The van der Waals surface area contributed by atoms with Crippen molar-refractivity contribution in [2.24, 2.45) is 0 Å². The summed E-state index contributed by atoms with van der Waals surface area (Å²) < 4.78 is 0. The molecule has 1 rings (SSSR count). The number of carboxylic acids is 1. The Morgan fingerprint density at radius 3 is 2.94 bits per heavy atom. The van der Waals surface area contributed by atoms with Crippen LogP contribution in [0.1, 0.15) is 17.7 Å². The molecule has 1 aromatic heterocycles. The number of carboxylic acid groups (broad SMARTS) is 1. The number of carbonyl (C=O) groups is 1. The minimum absolute atomic E-state index is 0.0485. The zero-order valence-corrected chi connectivity index (χ0v) is 9.27. The van der Waals surface area contributed by atoms with Crippen molar-refractivity contribution >= 4 is 11.8 Å². The number of nitrogens with one attached hydrogen (secondary N) is 1. The Morgan fingerprint density at radius 1 is 1.71 bits per heavy atom. The fourth-order valence-electron chi connectivity index (χ4n) is 1.30. The largest absolute Gasteiger partial charge is 0.480 e. The smallest absolute Gasteiger partial charge is 0.327 e. The van der Waals surface area contributed by atoms with Gasteiger partial charge in [0.15, 0.2) is 0 Å². The number of rotatable bonds is 4. The van der Waals surface area contributed by atoms with Crippen LogP contribution < -0.4 is 5.32 Å². The molecule has 0 radical (unpaired) electrons. The minimum Gasteiger partial charge on any atom is -0.480 e. The number of nitrogens with zero attached hydrogens (tertiary/aromatic N) is 2. The summed E-state index contributed by atoms with van der Waals surface area (Å²) in [7, 11) is 0. The molecule has 0 bridgehead atoms. The van der Waals surface area contributed by atoms with Crippen molar-refractivity contribution in [2.75, 3.05) is 5.32 Å². The van der Waals surface area contributed by atoms with Crippen molar-refractivity contribution in [3.05, 3.63) is 23.4 Å². The predicted molar refractivity (Wildman–Crippen MR) is 62.2 cm³/mol. The molecule has 0 aliphatic heterocycles. The van der Waals surface area contributed by atoms with E-state index in [1.165, 1.54) is 6.07 Å². The van der Waals surface area contributed by atoms with E-state index in [-0.39, 0.29) is 6.42 Å². The number of terminal acetylenes is 1. The molecule has 0 aromatic carbocycles. The van der Waals surface area contributed by atoms with Crippen molar-refractivity contribution in [3.8, 4) is 18.4 Å². The van der Waals surface area contributed by atoms with E-state index >= 15 is 0 Å². The number of pyridine rings is 1. The Kier molecular flexibility index (Phi) is 4.08. The maximum absolute atomic E-state index is 10.9. The Morgan fingerprint density at radius 2 is 2.41 bits per heavy atom. The molecular formula is C12H11N3O2. The summed E-state index contributed by atoms with van der Waals surface area (Å²) in [5.74, 6) is 1.56. The van der Waals surface area contributed by atoms with Crippen molar-refractivity contribution in [1.29, 1.82) is 5.26 Å². The normalized spacial score (nSPS) is 11.0. The summed E-state index contributed by atoms with van der Waals surface area (Å²) in [5, 5.41) is 20.4. The van der Waals surface area contributed by atoms with Gasteiger partial charge in [-0.1, -0.05) is 0 Å². The van der Waals surface area contributed by atoms with E-state index in [4.69, 9.17) is 16.8 Å². The maximum Gasteiger partial charge on any atom is 0.327 e. The summed E-state index contributed by atoms with van der Waals surface area (Å²) >= 11 is 0. The molecule has 5 heteroatoms. The summed E-state index contributed by atoms with van der Waals surface area (Å²) in [6.45, 7) is 1.73. The zero-order valence-electron chi connectivity index (χ0n) is 9.27. The molecule has 0 fully saturated rings. The van der Waals surface area contributed by atoms with Crippen molar-refractivity contribution in [3.63, 3.8) is 0 Å². The second-order valence-electron chi connectivity index (χ2n) is 3.44. The number of hydrogen-bond donors (Lipinski definition) is 2. The summed E-state index contributed by atoms with van der Waals surface area (Å²) in [4.78, 5) is 15.0. The van der Waals surface area contributed by atoms with Crippen LogP contribution in [0.2, 0.25) is 0 Å². The van der Waals surface area contributed by atoms with Crippen LogP contribution in [0.5, 0.6) is 0 Å². The van der Waals surface area contributed by atoms with Crippen LogP contribution in [-0.4, -0.2) is 22.1 Å². The molecule has 0 saturated carbocycles. The van der Waals surface area contributed by atoms with Gasteiger partial charge in [-0.05, 0) is 19.1 Å². The number of aryl methyl sites for hydroxylation is 1. The first kappa shape index (κ1) is 12.5. The number of anilines is 1. The highest BCUT2D eigenvalue weighted by atomic mass is 16.4. The van der Waals surface area contributed by atoms with Crippen molar-refractivity contribution < 1.29 is 9.90 Å². The average Bonchev–Trinajstić information content (AvgIpc) is 2.27. The van der Waals surface area contributed by atoms with Gasteiger partial charge < -0.3 is 10.4 Å². The van der Waals surface area contributed by atoms with E-state index in [0.29, 0.717) is 17.1 Å². The first-order valence-corrected chi connectivity index (χ1v) is 4.88. The number of aromatic nitrogens is 1. The molecule has 0 amide bonds. The van der Waals surface area contributed by atoms with Crippen LogP contribution in [0.25, 0.3) is 0 Å². The van der Waals surface area contributed by atoms with Crippen LogP contribution in [0.15, 0.2) is 12.1 Å². The Labute approximate surface area is 99.1 Å². The topological polar surface area (TPSA) is 86.0 Å². The highest BCUT2D eigenvalue weighted by molar-refractivity contribution is 5.77. The third-order valence-electron chi connectivity index (χ3n) is 2.02. The first-order chi connectivity index (χ1) is 8.06. The highest BCUT2D eigenvalue weighted by Gasteiger charge is 2.16. The van der Waals surface area contributed by atoms with E-state index in [9.17, 15) is 4.79 Å². The zero-order chi connectivity index (χ0) is 12.8. The van der Waals surface area contributed by atoms with Crippen molar-refractivity contribution in [2.45, 2.75) is 19.4 Å².